The Morgan fingerprint density at radius 3 is 2.64 bits per heavy atom. The third-order valence-electron chi connectivity index (χ3n) is 5.23. The van der Waals surface area contributed by atoms with Crippen LogP contribution in [0.1, 0.15) is 17.0 Å². The molecule has 7 heteroatoms. The van der Waals surface area contributed by atoms with Crippen molar-refractivity contribution in [1.82, 2.24) is 15.3 Å². The summed E-state index contributed by atoms with van der Waals surface area (Å²) < 4.78 is 11.1. The number of ether oxygens (including phenoxy) is 2. The van der Waals surface area contributed by atoms with Crippen LogP contribution in [0.15, 0.2) is 66.7 Å². The molecule has 3 aromatic carbocycles. The number of amides is 1. The molecular formula is C26H28N4O3. The zero-order chi connectivity index (χ0) is 23.0. The van der Waals surface area contributed by atoms with E-state index in [1.54, 1.807) is 7.11 Å². The lowest BCUT2D eigenvalue weighted by molar-refractivity contribution is -0.118. The van der Waals surface area contributed by atoms with Gasteiger partial charge in [-0.3, -0.25) is 4.79 Å². The van der Waals surface area contributed by atoms with E-state index in [-0.39, 0.29) is 12.5 Å². The summed E-state index contributed by atoms with van der Waals surface area (Å²) in [4.78, 5) is 20.1. The monoisotopic (exact) mass is 444 g/mol. The lowest BCUT2D eigenvalue weighted by atomic mass is 10.2. The molecule has 0 aliphatic heterocycles. The van der Waals surface area contributed by atoms with Gasteiger partial charge in [-0.25, -0.2) is 4.98 Å². The number of aryl methyl sites for hydroxylation is 1. The molecule has 0 radical (unpaired) electrons. The van der Waals surface area contributed by atoms with Crippen molar-refractivity contribution in [2.45, 2.75) is 19.9 Å². The van der Waals surface area contributed by atoms with E-state index >= 15 is 0 Å². The number of fused-ring (bicyclic) bond motifs is 1. The highest BCUT2D eigenvalue weighted by Gasteiger charge is 2.09. The smallest absolute Gasteiger partial charge is 0.262 e. The lowest BCUT2D eigenvalue weighted by Crippen LogP contribution is -2.20. The number of H-pyrrole nitrogens is 1. The second-order valence-electron chi connectivity index (χ2n) is 7.82. The number of nitrogens with one attached hydrogen (secondary N) is 3. The number of carbonyl (C=O) groups excluding carboxylic acids is 1. The van der Waals surface area contributed by atoms with Crippen LogP contribution in [0.3, 0.4) is 0 Å². The van der Waals surface area contributed by atoms with E-state index in [0.717, 1.165) is 46.6 Å². The van der Waals surface area contributed by atoms with Crippen LogP contribution >= 0.6 is 0 Å². The molecule has 3 N–H and O–H groups in total. The minimum absolute atomic E-state index is 0.0979. The number of aromatic nitrogens is 2. The van der Waals surface area contributed by atoms with Gasteiger partial charge in [0.1, 0.15) is 5.82 Å². The molecule has 170 valence electrons. The third-order valence-corrected chi connectivity index (χ3v) is 5.23. The van der Waals surface area contributed by atoms with Crippen molar-refractivity contribution in [3.63, 3.8) is 0 Å². The molecule has 1 heterocycles. The largest absolute Gasteiger partial charge is 0.493 e. The Morgan fingerprint density at radius 1 is 1.03 bits per heavy atom. The van der Waals surface area contributed by atoms with Crippen molar-refractivity contribution in [3.05, 3.63) is 83.7 Å². The lowest BCUT2D eigenvalue weighted by Gasteiger charge is -2.13. The molecule has 0 aliphatic rings. The zero-order valence-corrected chi connectivity index (χ0v) is 18.9. The summed E-state index contributed by atoms with van der Waals surface area (Å²) in [6, 6.07) is 21.4. The Labute approximate surface area is 193 Å². The maximum absolute atomic E-state index is 12.2. The number of hydrogen-bond donors (Lipinski definition) is 3. The fourth-order valence-corrected chi connectivity index (χ4v) is 3.48. The van der Waals surface area contributed by atoms with Gasteiger partial charge in [0.25, 0.3) is 5.91 Å². The van der Waals surface area contributed by atoms with E-state index in [1.165, 1.54) is 0 Å². The molecule has 0 saturated carbocycles. The van der Waals surface area contributed by atoms with Gasteiger partial charge in [-0.05, 0) is 48.9 Å². The molecule has 0 aliphatic carbocycles. The normalized spacial score (nSPS) is 10.8. The summed E-state index contributed by atoms with van der Waals surface area (Å²) in [5.41, 5.74) is 4.98. The highest BCUT2D eigenvalue weighted by atomic mass is 16.5. The first-order valence-corrected chi connectivity index (χ1v) is 10.9. The molecule has 0 spiro atoms. The van der Waals surface area contributed by atoms with Gasteiger partial charge >= 0.3 is 0 Å². The predicted octanol–water partition coefficient (Wildman–Crippen LogP) is 4.23. The summed E-state index contributed by atoms with van der Waals surface area (Å²) in [6.45, 7) is 3.38. The number of benzene rings is 3. The van der Waals surface area contributed by atoms with Crippen LogP contribution in [-0.4, -0.2) is 36.1 Å². The number of hydrogen-bond acceptors (Lipinski definition) is 5. The van der Waals surface area contributed by atoms with Gasteiger partial charge < -0.3 is 25.1 Å². The van der Waals surface area contributed by atoms with Crippen LogP contribution in [0.25, 0.3) is 11.0 Å². The second-order valence-corrected chi connectivity index (χ2v) is 7.82. The number of para-hydroxylation sites is 2. The third kappa shape index (κ3) is 6.11. The van der Waals surface area contributed by atoms with E-state index in [9.17, 15) is 4.79 Å². The van der Waals surface area contributed by atoms with Gasteiger partial charge in [0, 0.05) is 25.2 Å². The van der Waals surface area contributed by atoms with Gasteiger partial charge in [-0.2, -0.15) is 0 Å². The van der Waals surface area contributed by atoms with Crippen LogP contribution in [-0.2, 0) is 17.8 Å². The molecule has 4 aromatic rings. The molecule has 1 amide bonds. The molecular weight excluding hydrogens is 416 g/mol. The fourth-order valence-electron chi connectivity index (χ4n) is 3.48. The second kappa shape index (κ2) is 10.7. The van der Waals surface area contributed by atoms with Crippen molar-refractivity contribution in [2.75, 3.05) is 25.6 Å². The standard InChI is InChI=1S/C26H28N4O3/c1-18-7-10-20(11-8-18)28-26(31)17-33-23-12-9-19(15-24(23)32-2)16-27-14-13-25-29-21-5-3-4-6-22(21)30-25/h3-12,15,27H,13-14,16-17H2,1-2H3,(H,28,31)(H,29,30). The highest BCUT2D eigenvalue weighted by molar-refractivity contribution is 5.91. The molecule has 4 rings (SSSR count). The molecule has 0 saturated heterocycles. The van der Waals surface area contributed by atoms with Gasteiger partial charge in [-0.15, -0.1) is 0 Å². The van der Waals surface area contributed by atoms with Gasteiger partial charge in [0.2, 0.25) is 0 Å². The summed E-state index contributed by atoms with van der Waals surface area (Å²) in [5, 5.41) is 6.25. The van der Waals surface area contributed by atoms with E-state index < -0.39 is 0 Å². The van der Waals surface area contributed by atoms with Crippen molar-refractivity contribution < 1.29 is 14.3 Å². The first-order chi connectivity index (χ1) is 16.1. The summed E-state index contributed by atoms with van der Waals surface area (Å²) in [6.07, 6.45) is 0.809. The van der Waals surface area contributed by atoms with Crippen molar-refractivity contribution in [2.24, 2.45) is 0 Å². The number of nitrogens with zero attached hydrogens (tertiary/aromatic N) is 1. The van der Waals surface area contributed by atoms with Gasteiger partial charge in [-0.1, -0.05) is 35.9 Å². The minimum atomic E-state index is -0.225. The Morgan fingerprint density at radius 2 is 1.85 bits per heavy atom. The quantitative estimate of drug-likeness (QED) is 0.319. The summed E-state index contributed by atoms with van der Waals surface area (Å²) in [7, 11) is 1.59. The van der Waals surface area contributed by atoms with Crippen molar-refractivity contribution in [1.29, 1.82) is 0 Å². The first-order valence-electron chi connectivity index (χ1n) is 10.9. The van der Waals surface area contributed by atoms with E-state index in [1.807, 2.05) is 73.7 Å². The van der Waals surface area contributed by atoms with Crippen LogP contribution < -0.4 is 20.1 Å². The van der Waals surface area contributed by atoms with Crippen LogP contribution in [0, 0.1) is 6.92 Å². The highest BCUT2D eigenvalue weighted by Crippen LogP contribution is 2.28. The molecule has 33 heavy (non-hydrogen) atoms. The van der Waals surface area contributed by atoms with Crippen molar-refractivity contribution in [3.8, 4) is 11.5 Å². The summed E-state index contributed by atoms with van der Waals surface area (Å²) in [5.74, 6) is 1.86. The zero-order valence-electron chi connectivity index (χ0n) is 18.9. The fraction of sp³-hybridized carbons (Fsp3) is 0.231. The van der Waals surface area contributed by atoms with Crippen LogP contribution in [0.4, 0.5) is 5.69 Å². The molecule has 0 bridgehead atoms. The Balaban J connectivity index is 1.25. The number of imidazole rings is 1. The SMILES string of the molecule is COc1cc(CNCCc2nc3ccccc3[nH]2)ccc1OCC(=O)Nc1ccc(C)cc1. The maximum atomic E-state index is 12.2. The van der Waals surface area contributed by atoms with Gasteiger partial charge in [0.15, 0.2) is 18.1 Å². The van der Waals surface area contributed by atoms with E-state index in [2.05, 4.69) is 20.6 Å². The van der Waals surface area contributed by atoms with E-state index in [0.29, 0.717) is 18.0 Å². The molecule has 0 unspecified atom stereocenters. The van der Waals surface area contributed by atoms with Gasteiger partial charge in [0.05, 0.1) is 18.1 Å². The maximum Gasteiger partial charge on any atom is 0.262 e. The average Bonchev–Trinajstić information content (AvgIpc) is 3.25. The molecule has 7 nitrogen and oxygen atoms in total. The van der Waals surface area contributed by atoms with Crippen LogP contribution in [0.5, 0.6) is 11.5 Å². The number of anilines is 1. The molecule has 1 aromatic heterocycles. The minimum Gasteiger partial charge on any atom is -0.493 e. The molecule has 0 fully saturated rings. The predicted molar refractivity (Wildman–Crippen MR) is 130 cm³/mol. The number of methoxy groups -OCH3 is 1. The Bertz CT molecular complexity index is 1180. The molecule has 0 atom stereocenters. The van der Waals surface area contributed by atoms with Crippen LogP contribution in [0.2, 0.25) is 0 Å². The first kappa shape index (κ1) is 22.4. The van der Waals surface area contributed by atoms with Crippen molar-refractivity contribution >= 4 is 22.6 Å². The number of rotatable bonds is 10. The Kier molecular flexibility index (Phi) is 7.22. The summed E-state index contributed by atoms with van der Waals surface area (Å²) >= 11 is 0. The number of aromatic amines is 1. The topological polar surface area (TPSA) is 88.3 Å². The average molecular weight is 445 g/mol. The Hall–Kier alpha value is -3.84. The number of carbonyl (C=O) groups is 1. The van der Waals surface area contributed by atoms with E-state index in [4.69, 9.17) is 9.47 Å².